The van der Waals surface area contributed by atoms with Gasteiger partial charge in [-0.25, -0.2) is 8.42 Å². The third kappa shape index (κ3) is 3.39. The fraction of sp³-hybridized carbons (Fsp3) is 0.250. The van der Waals surface area contributed by atoms with Crippen LogP contribution in [-0.2, 0) is 36.1 Å². The second-order valence-corrected chi connectivity index (χ2v) is 8.72. The zero-order chi connectivity index (χ0) is 21.0. The largest absolute Gasteiger partial charge is 0.417 e. The first-order valence-corrected chi connectivity index (χ1v) is 10.4. The molecule has 152 valence electrons. The van der Waals surface area contributed by atoms with Gasteiger partial charge in [-0.05, 0) is 54.7 Å². The van der Waals surface area contributed by atoms with Crippen molar-refractivity contribution in [2.45, 2.75) is 30.3 Å². The highest BCUT2D eigenvalue weighted by atomic mass is 32.2. The van der Waals surface area contributed by atoms with Gasteiger partial charge in [0.25, 0.3) is 15.6 Å². The van der Waals surface area contributed by atoms with Crippen LogP contribution in [0.1, 0.15) is 23.1 Å². The Morgan fingerprint density at radius 3 is 2.55 bits per heavy atom. The van der Waals surface area contributed by atoms with Crippen LogP contribution in [0.5, 0.6) is 0 Å². The molecule has 0 bridgehead atoms. The predicted molar refractivity (Wildman–Crippen MR) is 103 cm³/mol. The molecule has 3 aromatic rings. The van der Waals surface area contributed by atoms with Gasteiger partial charge in [-0.3, -0.25) is 9.52 Å². The number of rotatable bonds is 3. The van der Waals surface area contributed by atoms with Gasteiger partial charge in [-0.2, -0.15) is 13.2 Å². The molecule has 0 radical (unpaired) electrons. The Hall–Kier alpha value is -2.81. The molecule has 0 saturated carbocycles. The van der Waals surface area contributed by atoms with Crippen LogP contribution in [0.3, 0.4) is 0 Å². The predicted octanol–water partition coefficient (Wildman–Crippen LogP) is 3.85. The molecule has 29 heavy (non-hydrogen) atoms. The van der Waals surface area contributed by atoms with Crippen LogP contribution in [0, 0.1) is 0 Å². The molecule has 5 nitrogen and oxygen atoms in total. The summed E-state index contributed by atoms with van der Waals surface area (Å²) < 4.78 is 69.7. The average molecular weight is 422 g/mol. The summed E-state index contributed by atoms with van der Waals surface area (Å²) in [4.78, 5) is 11.6. The fourth-order valence-electron chi connectivity index (χ4n) is 3.76. The Morgan fingerprint density at radius 1 is 1.07 bits per heavy atom. The Bertz CT molecular complexity index is 1290. The van der Waals surface area contributed by atoms with E-state index >= 15 is 0 Å². The zero-order valence-electron chi connectivity index (χ0n) is 15.4. The summed E-state index contributed by atoms with van der Waals surface area (Å²) in [5, 5.41) is -0.347. The van der Waals surface area contributed by atoms with Crippen LogP contribution in [0.15, 0.2) is 52.2 Å². The van der Waals surface area contributed by atoms with Gasteiger partial charge in [0.05, 0.1) is 21.7 Å². The molecule has 0 atom stereocenters. The maximum absolute atomic E-state index is 13.4. The van der Waals surface area contributed by atoms with E-state index in [4.69, 9.17) is 0 Å². The zero-order valence-corrected chi connectivity index (χ0v) is 16.2. The monoisotopic (exact) mass is 422 g/mol. The average Bonchev–Trinajstić information content (AvgIpc) is 3.13. The minimum absolute atomic E-state index is 0.00405. The van der Waals surface area contributed by atoms with E-state index in [-0.39, 0.29) is 15.8 Å². The number of pyridine rings is 1. The number of fused-ring (bicyclic) bond motifs is 2. The summed E-state index contributed by atoms with van der Waals surface area (Å²) in [7, 11) is -2.78. The maximum Gasteiger partial charge on any atom is 0.417 e. The number of aryl methyl sites for hydroxylation is 2. The number of benzene rings is 2. The van der Waals surface area contributed by atoms with Crippen LogP contribution in [0.2, 0.25) is 0 Å². The lowest BCUT2D eigenvalue weighted by Crippen LogP contribution is -2.21. The Labute approximate surface area is 164 Å². The fourth-order valence-corrected chi connectivity index (χ4v) is 4.88. The van der Waals surface area contributed by atoms with Gasteiger partial charge in [-0.1, -0.05) is 12.1 Å². The lowest BCUT2D eigenvalue weighted by molar-refractivity contribution is -0.136. The van der Waals surface area contributed by atoms with Crippen LogP contribution in [0.25, 0.3) is 10.9 Å². The summed E-state index contributed by atoms with van der Waals surface area (Å²) in [6.45, 7) is 0. The van der Waals surface area contributed by atoms with Crippen molar-refractivity contribution in [3.05, 3.63) is 69.5 Å². The van der Waals surface area contributed by atoms with Crippen LogP contribution >= 0.6 is 0 Å². The number of hydrogen-bond donors (Lipinski definition) is 1. The van der Waals surface area contributed by atoms with Crippen LogP contribution < -0.4 is 10.3 Å². The molecular formula is C20H17F3N2O3S. The number of hydrogen-bond acceptors (Lipinski definition) is 3. The first kappa shape index (κ1) is 19.5. The van der Waals surface area contributed by atoms with Crippen molar-refractivity contribution >= 4 is 26.6 Å². The van der Waals surface area contributed by atoms with Gasteiger partial charge in [0.15, 0.2) is 0 Å². The molecule has 0 fully saturated rings. The van der Waals surface area contributed by atoms with Crippen molar-refractivity contribution in [3.63, 3.8) is 0 Å². The quantitative estimate of drug-likeness (QED) is 0.697. The Morgan fingerprint density at radius 2 is 1.83 bits per heavy atom. The molecule has 1 N–H and O–H groups in total. The lowest BCUT2D eigenvalue weighted by Gasteiger charge is -2.15. The van der Waals surface area contributed by atoms with Crippen LogP contribution in [-0.4, -0.2) is 13.0 Å². The van der Waals surface area contributed by atoms with E-state index in [1.165, 1.54) is 19.2 Å². The molecule has 1 heterocycles. The van der Waals surface area contributed by atoms with E-state index in [0.29, 0.717) is 11.8 Å². The topological polar surface area (TPSA) is 68.2 Å². The number of aromatic nitrogens is 1. The molecule has 1 aliphatic rings. The van der Waals surface area contributed by atoms with Crippen molar-refractivity contribution in [2.24, 2.45) is 7.05 Å². The molecule has 1 aliphatic carbocycles. The van der Waals surface area contributed by atoms with E-state index in [0.717, 1.165) is 41.0 Å². The number of nitrogens with zero attached hydrogens (tertiary/aromatic N) is 1. The molecule has 2 aromatic carbocycles. The molecular weight excluding hydrogens is 405 g/mol. The lowest BCUT2D eigenvalue weighted by atomic mass is 10.1. The van der Waals surface area contributed by atoms with Crippen molar-refractivity contribution in [1.29, 1.82) is 0 Å². The minimum atomic E-state index is -4.79. The van der Waals surface area contributed by atoms with Crippen LogP contribution in [0.4, 0.5) is 18.9 Å². The number of halogens is 3. The highest BCUT2D eigenvalue weighted by Gasteiger charge is 2.34. The normalized spacial score (nSPS) is 14.2. The third-order valence-corrected chi connectivity index (χ3v) is 6.59. The number of anilines is 1. The Balaban J connectivity index is 1.85. The number of nitrogens with one attached hydrogen (secondary N) is 1. The Kier molecular flexibility index (Phi) is 4.45. The number of alkyl halides is 3. The first-order valence-electron chi connectivity index (χ1n) is 8.92. The second-order valence-electron chi connectivity index (χ2n) is 7.03. The summed E-state index contributed by atoms with van der Waals surface area (Å²) in [5.41, 5.74) is 0.445. The minimum Gasteiger partial charge on any atom is -0.311 e. The molecule has 9 heteroatoms. The van der Waals surface area contributed by atoms with Crippen molar-refractivity contribution < 1.29 is 21.6 Å². The van der Waals surface area contributed by atoms with E-state index in [2.05, 4.69) is 4.72 Å². The third-order valence-electron chi connectivity index (χ3n) is 5.22. The molecule has 0 amide bonds. The molecule has 0 unspecified atom stereocenters. The highest BCUT2D eigenvalue weighted by molar-refractivity contribution is 7.92. The summed E-state index contributed by atoms with van der Waals surface area (Å²) in [6, 6.07) is 9.20. The summed E-state index contributed by atoms with van der Waals surface area (Å²) in [5.74, 6) is 0. The van der Waals surface area contributed by atoms with Crippen molar-refractivity contribution in [2.75, 3.05) is 4.72 Å². The van der Waals surface area contributed by atoms with E-state index in [9.17, 15) is 26.4 Å². The van der Waals surface area contributed by atoms with E-state index < -0.39 is 27.3 Å². The van der Waals surface area contributed by atoms with Gasteiger partial charge in [-0.15, -0.1) is 0 Å². The van der Waals surface area contributed by atoms with E-state index in [1.54, 1.807) is 12.1 Å². The van der Waals surface area contributed by atoms with Gasteiger partial charge < -0.3 is 4.57 Å². The van der Waals surface area contributed by atoms with Gasteiger partial charge in [0, 0.05) is 18.5 Å². The van der Waals surface area contributed by atoms with E-state index in [1.807, 2.05) is 6.07 Å². The standard InChI is InChI=1S/C20H17F3N2O3S/c1-25-18-9-8-13(10-15(18)16(11-19(25)26)20(21,22)23)29(27,28)24-17-7-3-5-12-4-2-6-14(12)17/h3,5,7-11,24H,2,4,6H2,1H3. The summed E-state index contributed by atoms with van der Waals surface area (Å²) in [6.07, 6.45) is -2.26. The first-order chi connectivity index (χ1) is 13.6. The second kappa shape index (κ2) is 6.62. The van der Waals surface area contributed by atoms with Gasteiger partial charge in [0.2, 0.25) is 0 Å². The molecule has 4 rings (SSSR count). The highest BCUT2D eigenvalue weighted by Crippen LogP contribution is 2.35. The molecule has 0 saturated heterocycles. The summed E-state index contributed by atoms with van der Waals surface area (Å²) >= 11 is 0. The SMILES string of the molecule is Cn1c(=O)cc(C(F)(F)F)c2cc(S(=O)(=O)Nc3cccc4c3CCC4)ccc21. The molecule has 0 aliphatic heterocycles. The smallest absolute Gasteiger partial charge is 0.311 e. The molecule has 0 spiro atoms. The maximum atomic E-state index is 13.4. The van der Waals surface area contributed by atoms with Gasteiger partial charge in [0.1, 0.15) is 0 Å². The van der Waals surface area contributed by atoms with Crippen molar-refractivity contribution in [3.8, 4) is 0 Å². The van der Waals surface area contributed by atoms with Gasteiger partial charge >= 0.3 is 6.18 Å². The number of sulfonamides is 1. The molecule has 1 aromatic heterocycles. The van der Waals surface area contributed by atoms with Crippen molar-refractivity contribution in [1.82, 2.24) is 4.57 Å².